The monoisotopic (exact) mass is 184 g/mol. The Labute approximate surface area is 82.9 Å². The van der Waals surface area contributed by atoms with Crippen LogP contribution in [0.1, 0.15) is 11.3 Å². The lowest BCUT2D eigenvalue weighted by Gasteiger charge is -2.07. The van der Waals surface area contributed by atoms with Gasteiger partial charge >= 0.3 is 0 Å². The van der Waals surface area contributed by atoms with E-state index in [1.165, 1.54) is 0 Å². The average Bonchev–Trinajstić information content (AvgIpc) is 2.30. The molecule has 1 aromatic carbocycles. The average molecular weight is 184 g/mol. The molecule has 0 unspecified atom stereocenters. The van der Waals surface area contributed by atoms with E-state index < -0.39 is 0 Å². The zero-order valence-corrected chi connectivity index (χ0v) is 7.59. The third-order valence-corrected chi connectivity index (χ3v) is 1.95. The first kappa shape index (κ1) is 8.91. The Morgan fingerprint density at radius 1 is 0.929 bits per heavy atom. The molecule has 69 valence electrons. The molecule has 0 saturated carbocycles. The first-order valence-corrected chi connectivity index (χ1v) is 4.40. The van der Waals surface area contributed by atoms with Crippen LogP contribution in [0, 0.1) is 6.10 Å². The van der Waals surface area contributed by atoms with E-state index in [-0.39, 0.29) is 6.10 Å². The lowest BCUT2D eigenvalue weighted by Crippen LogP contribution is -2.02. The molecule has 2 heteroatoms. The van der Waals surface area contributed by atoms with Gasteiger partial charge in [-0.3, -0.25) is 4.98 Å². The minimum Gasteiger partial charge on any atom is -0.375 e. The summed E-state index contributed by atoms with van der Waals surface area (Å²) < 4.78 is 0. The third kappa shape index (κ3) is 1.80. The van der Waals surface area contributed by atoms with Gasteiger partial charge in [0.25, 0.3) is 0 Å². The quantitative estimate of drug-likeness (QED) is 0.777. The summed E-state index contributed by atoms with van der Waals surface area (Å²) >= 11 is 0. The van der Waals surface area contributed by atoms with Crippen molar-refractivity contribution in [1.29, 1.82) is 0 Å². The highest BCUT2D eigenvalue weighted by Crippen LogP contribution is 2.17. The van der Waals surface area contributed by atoms with Gasteiger partial charge in [0.1, 0.15) is 0 Å². The van der Waals surface area contributed by atoms with Crippen molar-refractivity contribution in [3.05, 3.63) is 72.1 Å². The van der Waals surface area contributed by atoms with Crippen LogP contribution in [0.25, 0.3) is 0 Å². The number of aliphatic hydroxyl groups is 1. The van der Waals surface area contributed by atoms with Gasteiger partial charge < -0.3 is 5.11 Å². The van der Waals surface area contributed by atoms with Crippen molar-refractivity contribution in [2.24, 2.45) is 0 Å². The Balaban J connectivity index is 2.30. The maximum absolute atomic E-state index is 9.85. The molecule has 0 aliphatic heterocycles. The fourth-order valence-electron chi connectivity index (χ4n) is 1.25. The van der Waals surface area contributed by atoms with E-state index in [4.69, 9.17) is 0 Å². The lowest BCUT2D eigenvalue weighted by atomic mass is 10.1. The van der Waals surface area contributed by atoms with E-state index in [1.807, 2.05) is 42.5 Å². The minimum absolute atomic E-state index is 0.214. The molecule has 2 rings (SSSR count). The summed E-state index contributed by atoms with van der Waals surface area (Å²) in [7, 11) is 0. The molecule has 0 saturated heterocycles. The van der Waals surface area contributed by atoms with E-state index in [0.29, 0.717) is 5.69 Å². The highest BCUT2D eigenvalue weighted by molar-refractivity contribution is 5.37. The Bertz CT molecular complexity index is 346. The Morgan fingerprint density at radius 3 is 2.29 bits per heavy atom. The lowest BCUT2D eigenvalue weighted by molar-refractivity contribution is 0.352. The molecule has 0 spiro atoms. The maximum atomic E-state index is 9.85. The second kappa shape index (κ2) is 4.03. The Morgan fingerprint density at radius 2 is 1.64 bits per heavy atom. The van der Waals surface area contributed by atoms with Crippen molar-refractivity contribution in [1.82, 2.24) is 4.98 Å². The van der Waals surface area contributed by atoms with Gasteiger partial charge in [0.05, 0.1) is 5.69 Å². The molecular formula is C12H10NO. The zero-order chi connectivity index (χ0) is 9.80. The molecule has 2 aromatic rings. The smallest absolute Gasteiger partial charge is 0.170 e. The molecule has 0 bridgehead atoms. The van der Waals surface area contributed by atoms with Crippen molar-refractivity contribution < 1.29 is 5.11 Å². The molecule has 1 radical (unpaired) electrons. The number of rotatable bonds is 2. The van der Waals surface area contributed by atoms with Crippen molar-refractivity contribution in [2.75, 3.05) is 0 Å². The van der Waals surface area contributed by atoms with E-state index >= 15 is 0 Å². The summed E-state index contributed by atoms with van der Waals surface area (Å²) in [4.78, 5) is 4.07. The summed E-state index contributed by atoms with van der Waals surface area (Å²) in [5, 5.41) is 9.85. The van der Waals surface area contributed by atoms with Gasteiger partial charge in [-0.1, -0.05) is 36.4 Å². The molecule has 0 aliphatic rings. The fraction of sp³-hybridized carbons (Fsp3) is 0. The van der Waals surface area contributed by atoms with E-state index in [0.717, 1.165) is 5.56 Å². The van der Waals surface area contributed by atoms with E-state index in [9.17, 15) is 5.11 Å². The van der Waals surface area contributed by atoms with Crippen LogP contribution in [-0.4, -0.2) is 10.1 Å². The SMILES string of the molecule is O[C](c1ccccc1)c1ccccn1. The van der Waals surface area contributed by atoms with Crippen LogP contribution in [0.2, 0.25) is 0 Å². The van der Waals surface area contributed by atoms with Gasteiger partial charge in [0, 0.05) is 6.20 Å². The summed E-state index contributed by atoms with van der Waals surface area (Å²) in [6.45, 7) is 0. The highest BCUT2D eigenvalue weighted by Gasteiger charge is 2.11. The predicted octanol–water partition coefficient (Wildman–Crippen LogP) is 2.38. The molecular weight excluding hydrogens is 174 g/mol. The molecule has 0 fully saturated rings. The van der Waals surface area contributed by atoms with Crippen LogP contribution in [0.3, 0.4) is 0 Å². The molecule has 1 aromatic heterocycles. The van der Waals surface area contributed by atoms with Crippen LogP contribution < -0.4 is 0 Å². The standard InChI is InChI=1S/C12H10NO/c14-12(10-6-2-1-3-7-10)11-8-4-5-9-13-11/h1-9,14H. The molecule has 1 heterocycles. The molecule has 0 amide bonds. The van der Waals surface area contributed by atoms with Gasteiger partial charge in [-0.25, -0.2) is 0 Å². The summed E-state index contributed by atoms with van der Waals surface area (Å²) in [5.41, 5.74) is 1.38. The molecule has 14 heavy (non-hydrogen) atoms. The molecule has 0 aliphatic carbocycles. The van der Waals surface area contributed by atoms with Gasteiger partial charge in [0.15, 0.2) is 6.10 Å². The number of hydrogen-bond acceptors (Lipinski definition) is 2. The van der Waals surface area contributed by atoms with Gasteiger partial charge in [0.2, 0.25) is 0 Å². The number of aromatic nitrogens is 1. The van der Waals surface area contributed by atoms with Gasteiger partial charge in [-0.2, -0.15) is 0 Å². The van der Waals surface area contributed by atoms with Crippen LogP contribution >= 0.6 is 0 Å². The number of aliphatic hydroxyl groups excluding tert-OH is 1. The Hall–Kier alpha value is -1.67. The Kier molecular flexibility index (Phi) is 2.56. The summed E-state index contributed by atoms with van der Waals surface area (Å²) in [6.07, 6.45) is 1.88. The molecule has 2 nitrogen and oxygen atoms in total. The predicted molar refractivity (Wildman–Crippen MR) is 54.1 cm³/mol. The second-order valence-electron chi connectivity index (χ2n) is 2.93. The first-order valence-electron chi connectivity index (χ1n) is 4.40. The number of nitrogens with zero attached hydrogens (tertiary/aromatic N) is 1. The van der Waals surface area contributed by atoms with Gasteiger partial charge in [-0.05, 0) is 17.7 Å². The topological polar surface area (TPSA) is 33.1 Å². The van der Waals surface area contributed by atoms with Crippen molar-refractivity contribution in [3.63, 3.8) is 0 Å². The van der Waals surface area contributed by atoms with Crippen molar-refractivity contribution >= 4 is 0 Å². The summed E-state index contributed by atoms with van der Waals surface area (Å²) in [5.74, 6) is 0. The number of pyridine rings is 1. The van der Waals surface area contributed by atoms with Gasteiger partial charge in [-0.15, -0.1) is 0 Å². The van der Waals surface area contributed by atoms with Crippen molar-refractivity contribution in [3.8, 4) is 0 Å². The third-order valence-electron chi connectivity index (χ3n) is 1.95. The van der Waals surface area contributed by atoms with Crippen LogP contribution in [0.4, 0.5) is 0 Å². The largest absolute Gasteiger partial charge is 0.375 e. The molecule has 1 N–H and O–H groups in total. The van der Waals surface area contributed by atoms with Crippen LogP contribution in [-0.2, 0) is 0 Å². The molecule has 0 atom stereocenters. The van der Waals surface area contributed by atoms with Crippen LogP contribution in [0.5, 0.6) is 0 Å². The van der Waals surface area contributed by atoms with E-state index in [1.54, 1.807) is 12.3 Å². The number of benzene rings is 1. The normalized spacial score (nSPS) is 10.4. The van der Waals surface area contributed by atoms with Crippen molar-refractivity contribution in [2.45, 2.75) is 0 Å². The zero-order valence-electron chi connectivity index (χ0n) is 7.59. The fourth-order valence-corrected chi connectivity index (χ4v) is 1.25. The minimum atomic E-state index is 0.214. The highest BCUT2D eigenvalue weighted by atomic mass is 16.3. The summed E-state index contributed by atoms with van der Waals surface area (Å²) in [6, 6.07) is 14.8. The maximum Gasteiger partial charge on any atom is 0.170 e. The van der Waals surface area contributed by atoms with Crippen LogP contribution in [0.15, 0.2) is 54.7 Å². The first-order chi connectivity index (χ1) is 6.88. The second-order valence-corrected chi connectivity index (χ2v) is 2.93. The number of hydrogen-bond donors (Lipinski definition) is 1. The van der Waals surface area contributed by atoms with E-state index in [2.05, 4.69) is 4.98 Å².